The van der Waals surface area contributed by atoms with Gasteiger partial charge in [0.1, 0.15) is 5.69 Å². The zero-order valence-electron chi connectivity index (χ0n) is 9.86. The second kappa shape index (κ2) is 5.17. The zero-order valence-corrected chi connectivity index (χ0v) is 9.86. The molecule has 8 nitrogen and oxygen atoms in total. The highest BCUT2D eigenvalue weighted by Gasteiger charge is 2.16. The number of rotatable bonds is 3. The SMILES string of the molecule is Cc1cnc(C(=O)Nc2nccnc2C(=O)O)cn1. The van der Waals surface area contributed by atoms with Gasteiger partial charge in [-0.3, -0.25) is 9.78 Å². The van der Waals surface area contributed by atoms with Crippen molar-refractivity contribution in [3.05, 3.63) is 41.9 Å². The van der Waals surface area contributed by atoms with Crippen LogP contribution in [-0.2, 0) is 0 Å². The highest BCUT2D eigenvalue weighted by Crippen LogP contribution is 2.09. The summed E-state index contributed by atoms with van der Waals surface area (Å²) < 4.78 is 0. The van der Waals surface area contributed by atoms with Gasteiger partial charge in [0.25, 0.3) is 5.91 Å². The fourth-order valence-electron chi connectivity index (χ4n) is 1.27. The van der Waals surface area contributed by atoms with E-state index in [1.165, 1.54) is 24.8 Å². The summed E-state index contributed by atoms with van der Waals surface area (Å²) in [6.45, 7) is 1.74. The van der Waals surface area contributed by atoms with Crippen molar-refractivity contribution in [3.63, 3.8) is 0 Å². The molecule has 0 spiro atoms. The predicted octanol–water partition coefficient (Wildman–Crippen LogP) is 0.526. The van der Waals surface area contributed by atoms with Crippen LogP contribution in [-0.4, -0.2) is 36.9 Å². The standard InChI is InChI=1S/C11H9N5O3/c1-6-4-15-7(5-14-6)10(17)16-9-8(11(18)19)12-2-3-13-9/h2-5H,1H3,(H,18,19)(H,13,16,17). The van der Waals surface area contributed by atoms with Crippen molar-refractivity contribution < 1.29 is 14.7 Å². The van der Waals surface area contributed by atoms with E-state index in [9.17, 15) is 9.59 Å². The molecule has 2 N–H and O–H groups in total. The number of aryl methyl sites for hydroxylation is 1. The third-order valence-corrected chi connectivity index (χ3v) is 2.15. The summed E-state index contributed by atoms with van der Waals surface area (Å²) >= 11 is 0. The lowest BCUT2D eigenvalue weighted by Crippen LogP contribution is -2.18. The highest BCUT2D eigenvalue weighted by molar-refractivity contribution is 6.05. The molecular formula is C11H9N5O3. The Bertz CT molecular complexity index is 626. The van der Waals surface area contributed by atoms with Crippen LogP contribution in [0.4, 0.5) is 5.82 Å². The van der Waals surface area contributed by atoms with Gasteiger partial charge in [-0.1, -0.05) is 0 Å². The van der Waals surface area contributed by atoms with Gasteiger partial charge in [0.05, 0.1) is 11.9 Å². The van der Waals surface area contributed by atoms with Gasteiger partial charge in [-0.2, -0.15) is 0 Å². The average Bonchev–Trinajstić information content (AvgIpc) is 2.39. The molecule has 0 fully saturated rings. The molecule has 2 aromatic rings. The number of aromatic carboxylic acids is 1. The molecule has 0 saturated carbocycles. The van der Waals surface area contributed by atoms with E-state index in [0.717, 1.165) is 0 Å². The monoisotopic (exact) mass is 259 g/mol. The number of hydrogen-bond acceptors (Lipinski definition) is 6. The van der Waals surface area contributed by atoms with E-state index in [0.29, 0.717) is 5.69 Å². The number of carbonyl (C=O) groups is 2. The maximum atomic E-state index is 11.8. The molecule has 2 aromatic heterocycles. The summed E-state index contributed by atoms with van der Waals surface area (Å²) in [5, 5.41) is 11.2. The van der Waals surface area contributed by atoms with E-state index in [4.69, 9.17) is 5.11 Å². The molecule has 0 aliphatic heterocycles. The molecule has 0 atom stereocenters. The molecule has 8 heteroatoms. The number of hydrogen-bond donors (Lipinski definition) is 2. The summed E-state index contributed by atoms with van der Waals surface area (Å²) in [5.41, 5.74) is 0.394. The van der Waals surface area contributed by atoms with Crippen LogP contribution in [0.5, 0.6) is 0 Å². The van der Waals surface area contributed by atoms with E-state index >= 15 is 0 Å². The first-order valence-electron chi connectivity index (χ1n) is 5.22. The lowest BCUT2D eigenvalue weighted by atomic mass is 10.3. The number of aromatic nitrogens is 4. The Labute approximate surface area is 107 Å². The number of carboxylic acid groups (broad SMARTS) is 1. The maximum absolute atomic E-state index is 11.8. The molecule has 0 saturated heterocycles. The van der Waals surface area contributed by atoms with Crippen LogP contribution in [0.15, 0.2) is 24.8 Å². The van der Waals surface area contributed by atoms with Crippen molar-refractivity contribution >= 4 is 17.7 Å². The number of anilines is 1. The normalized spacial score (nSPS) is 9.95. The topological polar surface area (TPSA) is 118 Å². The fraction of sp³-hybridized carbons (Fsp3) is 0.0909. The molecule has 0 radical (unpaired) electrons. The zero-order chi connectivity index (χ0) is 13.8. The van der Waals surface area contributed by atoms with Crippen molar-refractivity contribution in [3.8, 4) is 0 Å². The Morgan fingerprint density at radius 3 is 2.47 bits per heavy atom. The number of nitrogens with one attached hydrogen (secondary N) is 1. The van der Waals surface area contributed by atoms with Crippen LogP contribution in [0.25, 0.3) is 0 Å². The van der Waals surface area contributed by atoms with Crippen molar-refractivity contribution in [2.24, 2.45) is 0 Å². The van der Waals surface area contributed by atoms with Crippen LogP contribution < -0.4 is 5.32 Å². The second-order valence-electron chi connectivity index (χ2n) is 3.56. The first kappa shape index (κ1) is 12.6. The van der Waals surface area contributed by atoms with Gasteiger partial charge in [-0.25, -0.2) is 19.7 Å². The lowest BCUT2D eigenvalue weighted by Gasteiger charge is -2.05. The molecule has 0 aliphatic rings. The molecule has 1 amide bonds. The lowest BCUT2D eigenvalue weighted by molar-refractivity contribution is 0.0691. The van der Waals surface area contributed by atoms with Crippen LogP contribution in [0.2, 0.25) is 0 Å². The van der Waals surface area contributed by atoms with Crippen LogP contribution in [0.3, 0.4) is 0 Å². The molecule has 0 aliphatic carbocycles. The van der Waals surface area contributed by atoms with E-state index in [1.54, 1.807) is 6.92 Å². The molecule has 2 heterocycles. The van der Waals surface area contributed by atoms with E-state index in [2.05, 4.69) is 25.3 Å². The molecule has 2 rings (SSSR count). The van der Waals surface area contributed by atoms with Crippen LogP contribution in [0.1, 0.15) is 26.7 Å². The Kier molecular flexibility index (Phi) is 3.42. The molecule has 0 aromatic carbocycles. The molecular weight excluding hydrogens is 250 g/mol. The number of amides is 1. The van der Waals surface area contributed by atoms with E-state index in [-0.39, 0.29) is 17.2 Å². The maximum Gasteiger partial charge on any atom is 0.358 e. The number of nitrogens with zero attached hydrogens (tertiary/aromatic N) is 4. The summed E-state index contributed by atoms with van der Waals surface area (Å²) in [6, 6.07) is 0. The molecule has 19 heavy (non-hydrogen) atoms. The minimum atomic E-state index is -1.28. The minimum absolute atomic E-state index is 0.0626. The smallest absolute Gasteiger partial charge is 0.358 e. The summed E-state index contributed by atoms with van der Waals surface area (Å²) in [4.78, 5) is 37.9. The van der Waals surface area contributed by atoms with Gasteiger partial charge < -0.3 is 10.4 Å². The second-order valence-corrected chi connectivity index (χ2v) is 3.56. The van der Waals surface area contributed by atoms with Gasteiger partial charge in [-0.15, -0.1) is 0 Å². The van der Waals surface area contributed by atoms with Gasteiger partial charge >= 0.3 is 5.97 Å². The Morgan fingerprint density at radius 2 is 1.84 bits per heavy atom. The predicted molar refractivity (Wildman–Crippen MR) is 63.7 cm³/mol. The highest BCUT2D eigenvalue weighted by atomic mass is 16.4. The summed E-state index contributed by atoms with van der Waals surface area (Å²) in [6.07, 6.45) is 5.23. The molecule has 0 bridgehead atoms. The third kappa shape index (κ3) is 2.86. The van der Waals surface area contributed by atoms with Gasteiger partial charge in [-0.05, 0) is 6.92 Å². The quantitative estimate of drug-likeness (QED) is 0.824. The number of carbonyl (C=O) groups excluding carboxylic acids is 1. The van der Waals surface area contributed by atoms with Gasteiger partial charge in [0.15, 0.2) is 11.5 Å². The Morgan fingerprint density at radius 1 is 1.11 bits per heavy atom. The van der Waals surface area contributed by atoms with E-state index < -0.39 is 11.9 Å². The third-order valence-electron chi connectivity index (χ3n) is 2.15. The van der Waals surface area contributed by atoms with Gasteiger partial charge in [0, 0.05) is 18.6 Å². The Balaban J connectivity index is 2.24. The van der Waals surface area contributed by atoms with Crippen LogP contribution in [0, 0.1) is 6.92 Å². The van der Waals surface area contributed by atoms with Crippen molar-refractivity contribution in [2.75, 3.05) is 5.32 Å². The first-order chi connectivity index (χ1) is 9.08. The largest absolute Gasteiger partial charge is 0.476 e. The average molecular weight is 259 g/mol. The molecule has 0 unspecified atom stereocenters. The Hall–Kier alpha value is -2.90. The van der Waals surface area contributed by atoms with Crippen molar-refractivity contribution in [1.82, 2.24) is 19.9 Å². The summed E-state index contributed by atoms with van der Waals surface area (Å²) in [7, 11) is 0. The van der Waals surface area contributed by atoms with Crippen molar-refractivity contribution in [1.29, 1.82) is 0 Å². The van der Waals surface area contributed by atoms with E-state index in [1.807, 2.05) is 0 Å². The summed E-state index contributed by atoms with van der Waals surface area (Å²) in [5.74, 6) is -2.02. The van der Waals surface area contributed by atoms with Crippen LogP contribution >= 0.6 is 0 Å². The molecule has 96 valence electrons. The number of carboxylic acids is 1. The fourth-order valence-corrected chi connectivity index (χ4v) is 1.27. The van der Waals surface area contributed by atoms with Crippen molar-refractivity contribution in [2.45, 2.75) is 6.92 Å². The van der Waals surface area contributed by atoms with Gasteiger partial charge in [0.2, 0.25) is 0 Å². The minimum Gasteiger partial charge on any atom is -0.476 e. The first-order valence-corrected chi connectivity index (χ1v) is 5.22.